The van der Waals surface area contributed by atoms with Crippen LogP contribution in [0.15, 0.2) is 59.6 Å². The van der Waals surface area contributed by atoms with Crippen LogP contribution in [0.2, 0.25) is 5.02 Å². The molecule has 5 nitrogen and oxygen atoms in total. The Kier molecular flexibility index (Phi) is 4.03. The summed E-state index contributed by atoms with van der Waals surface area (Å²) >= 11 is 6.01. The van der Waals surface area contributed by atoms with Crippen LogP contribution in [0.4, 0.5) is 0 Å². The van der Waals surface area contributed by atoms with Crippen LogP contribution in [0.3, 0.4) is 0 Å². The van der Waals surface area contributed by atoms with Crippen molar-refractivity contribution in [3.8, 4) is 12.1 Å². The molecule has 1 atom stereocenters. The van der Waals surface area contributed by atoms with Gasteiger partial charge in [-0.2, -0.15) is 10.5 Å². The molecular formula is C21H13ClN4O. The summed E-state index contributed by atoms with van der Waals surface area (Å²) in [5, 5.41) is 20.4. The van der Waals surface area contributed by atoms with Crippen LogP contribution in [0.5, 0.6) is 0 Å². The van der Waals surface area contributed by atoms with Crippen molar-refractivity contribution < 1.29 is 4.79 Å². The van der Waals surface area contributed by atoms with Gasteiger partial charge in [-0.1, -0.05) is 41.9 Å². The largest absolute Gasteiger partial charge is 0.293 e. The quantitative estimate of drug-likeness (QED) is 0.811. The van der Waals surface area contributed by atoms with Gasteiger partial charge in [0.25, 0.3) is 5.91 Å². The molecular weight excluding hydrogens is 360 g/mol. The number of nitriles is 2. The Hall–Kier alpha value is -3.41. The second-order valence-corrected chi connectivity index (χ2v) is 6.72. The first-order valence-corrected chi connectivity index (χ1v) is 8.75. The molecule has 0 saturated heterocycles. The van der Waals surface area contributed by atoms with Gasteiger partial charge in [-0.3, -0.25) is 14.7 Å². The van der Waals surface area contributed by atoms with E-state index in [0.29, 0.717) is 46.2 Å². The molecule has 4 rings (SSSR count). The Balaban J connectivity index is 2.05. The Morgan fingerprint density at radius 1 is 1.11 bits per heavy atom. The molecule has 0 aliphatic carbocycles. The maximum absolute atomic E-state index is 13.5. The Labute approximate surface area is 161 Å². The van der Waals surface area contributed by atoms with Crippen molar-refractivity contribution in [3.63, 3.8) is 0 Å². The summed E-state index contributed by atoms with van der Waals surface area (Å²) < 4.78 is 0. The second kappa shape index (κ2) is 6.39. The number of nitrogens with zero attached hydrogens (tertiary/aromatic N) is 4. The number of hydrogen-bond acceptors (Lipinski definition) is 4. The van der Waals surface area contributed by atoms with Crippen molar-refractivity contribution in [2.45, 2.75) is 5.41 Å². The molecule has 0 bridgehead atoms. The number of carbonyl (C=O) groups excluding carboxylic acids is 1. The maximum atomic E-state index is 13.5. The number of aliphatic imine (C=N–C) groups is 1. The molecule has 0 aromatic heterocycles. The van der Waals surface area contributed by atoms with E-state index in [4.69, 9.17) is 11.6 Å². The van der Waals surface area contributed by atoms with Gasteiger partial charge in [-0.15, -0.1) is 0 Å². The highest BCUT2D eigenvalue weighted by Gasteiger charge is 2.52. The molecule has 6 heteroatoms. The van der Waals surface area contributed by atoms with E-state index >= 15 is 0 Å². The lowest BCUT2D eigenvalue weighted by molar-refractivity contribution is -0.129. The molecule has 0 fully saturated rings. The molecule has 2 aromatic rings. The van der Waals surface area contributed by atoms with Crippen LogP contribution in [0.25, 0.3) is 5.57 Å². The van der Waals surface area contributed by atoms with Crippen LogP contribution in [-0.2, 0) is 10.2 Å². The average Bonchev–Trinajstić information content (AvgIpc) is 3.18. The molecule has 2 aromatic carbocycles. The number of fused-ring (bicyclic) bond motifs is 1. The van der Waals surface area contributed by atoms with Gasteiger partial charge in [0.15, 0.2) is 5.41 Å². The third kappa shape index (κ3) is 2.44. The van der Waals surface area contributed by atoms with E-state index in [1.54, 1.807) is 54.6 Å². The predicted octanol–water partition coefficient (Wildman–Crippen LogP) is 3.31. The Bertz CT molecular complexity index is 1090. The van der Waals surface area contributed by atoms with Gasteiger partial charge < -0.3 is 0 Å². The van der Waals surface area contributed by atoms with Gasteiger partial charge in [0.2, 0.25) is 0 Å². The average molecular weight is 373 g/mol. The van der Waals surface area contributed by atoms with Crippen LogP contribution in [-0.4, -0.2) is 29.7 Å². The number of hydrogen-bond donors (Lipinski definition) is 0. The molecule has 2 aliphatic rings. The number of halogens is 1. The summed E-state index contributed by atoms with van der Waals surface area (Å²) in [4.78, 5) is 19.4. The first-order valence-electron chi connectivity index (χ1n) is 8.37. The van der Waals surface area contributed by atoms with Crippen molar-refractivity contribution in [3.05, 3.63) is 76.3 Å². The normalized spacial score (nSPS) is 21.0. The molecule has 27 heavy (non-hydrogen) atoms. The molecule has 0 radical (unpaired) electrons. The molecule has 0 unspecified atom stereocenters. The van der Waals surface area contributed by atoms with Gasteiger partial charge >= 0.3 is 0 Å². The molecule has 0 N–H and O–H groups in total. The Morgan fingerprint density at radius 3 is 2.56 bits per heavy atom. The third-order valence-corrected chi connectivity index (χ3v) is 5.14. The zero-order valence-corrected chi connectivity index (χ0v) is 14.9. The summed E-state index contributed by atoms with van der Waals surface area (Å²) in [6.07, 6.45) is 1.77. The zero-order chi connectivity index (χ0) is 19.0. The summed E-state index contributed by atoms with van der Waals surface area (Å²) in [7, 11) is 0. The fourth-order valence-electron chi connectivity index (χ4n) is 3.61. The van der Waals surface area contributed by atoms with Crippen molar-refractivity contribution in [2.75, 3.05) is 13.1 Å². The SMILES string of the molecule is N#Cc1ccccc1[C@]1(C#N)C(=O)N2CCN=C2C=C1c1ccc(Cl)cc1. The van der Waals surface area contributed by atoms with E-state index in [2.05, 4.69) is 17.1 Å². The topological polar surface area (TPSA) is 80.2 Å². The van der Waals surface area contributed by atoms with Crippen molar-refractivity contribution in [1.29, 1.82) is 10.5 Å². The molecule has 2 aliphatic heterocycles. The van der Waals surface area contributed by atoms with Gasteiger partial charge in [-0.25, -0.2) is 0 Å². The lowest BCUT2D eigenvalue weighted by Gasteiger charge is -2.37. The first-order chi connectivity index (χ1) is 13.1. The van der Waals surface area contributed by atoms with Gasteiger partial charge in [0.05, 0.1) is 24.2 Å². The fourth-order valence-corrected chi connectivity index (χ4v) is 3.74. The number of carbonyl (C=O) groups is 1. The minimum absolute atomic E-state index is 0.298. The minimum atomic E-state index is -1.62. The monoisotopic (exact) mass is 372 g/mol. The minimum Gasteiger partial charge on any atom is -0.293 e. The standard InChI is InChI=1S/C21H13ClN4O/c22-16-7-5-14(6-8-16)18-11-19-25-9-10-26(19)20(27)21(18,13-24)17-4-2-1-3-15(17)12-23/h1-8,11H,9-10H2/t21-/m0/s1. The molecule has 130 valence electrons. The van der Waals surface area contributed by atoms with E-state index in [1.165, 1.54) is 4.90 Å². The van der Waals surface area contributed by atoms with Crippen molar-refractivity contribution in [2.24, 2.45) is 4.99 Å². The Morgan fingerprint density at radius 2 is 1.85 bits per heavy atom. The highest BCUT2D eigenvalue weighted by molar-refractivity contribution is 6.30. The number of rotatable bonds is 2. The van der Waals surface area contributed by atoms with E-state index in [9.17, 15) is 15.3 Å². The summed E-state index contributed by atoms with van der Waals surface area (Å²) in [5.41, 5.74) is 0.255. The van der Waals surface area contributed by atoms with Crippen molar-refractivity contribution >= 4 is 28.9 Å². The van der Waals surface area contributed by atoms with E-state index in [1.807, 2.05) is 0 Å². The lowest BCUT2D eigenvalue weighted by Crippen LogP contribution is -2.51. The number of amides is 1. The van der Waals surface area contributed by atoms with Crippen LogP contribution >= 0.6 is 11.6 Å². The summed E-state index contributed by atoms with van der Waals surface area (Å²) in [5.74, 6) is 0.168. The molecule has 1 amide bonds. The predicted molar refractivity (Wildman–Crippen MR) is 102 cm³/mol. The van der Waals surface area contributed by atoms with Crippen LogP contribution in [0.1, 0.15) is 16.7 Å². The van der Waals surface area contributed by atoms with Crippen molar-refractivity contribution in [1.82, 2.24) is 4.90 Å². The highest BCUT2D eigenvalue weighted by Crippen LogP contribution is 2.44. The maximum Gasteiger partial charge on any atom is 0.257 e. The zero-order valence-electron chi connectivity index (χ0n) is 14.2. The molecule has 0 spiro atoms. The van der Waals surface area contributed by atoms with Gasteiger partial charge in [0, 0.05) is 17.1 Å². The van der Waals surface area contributed by atoms with Gasteiger partial charge in [-0.05, 0) is 35.4 Å². The summed E-state index contributed by atoms with van der Waals surface area (Å²) in [6, 6.07) is 18.1. The lowest BCUT2D eigenvalue weighted by atomic mass is 9.68. The number of benzene rings is 2. The highest BCUT2D eigenvalue weighted by atomic mass is 35.5. The van der Waals surface area contributed by atoms with E-state index < -0.39 is 5.41 Å². The van der Waals surface area contributed by atoms with Crippen LogP contribution in [0, 0.1) is 22.7 Å². The first kappa shape index (κ1) is 17.0. The number of amidine groups is 1. The molecule has 2 heterocycles. The molecule has 0 saturated carbocycles. The smallest absolute Gasteiger partial charge is 0.257 e. The van der Waals surface area contributed by atoms with E-state index in [0.717, 1.165) is 0 Å². The van der Waals surface area contributed by atoms with E-state index in [-0.39, 0.29) is 5.91 Å². The second-order valence-electron chi connectivity index (χ2n) is 6.28. The van der Waals surface area contributed by atoms with Gasteiger partial charge in [0.1, 0.15) is 5.84 Å². The third-order valence-electron chi connectivity index (χ3n) is 4.89. The summed E-state index contributed by atoms with van der Waals surface area (Å²) in [6.45, 7) is 0.920. The fraction of sp³-hybridized carbons (Fsp3) is 0.143. The van der Waals surface area contributed by atoms with Crippen LogP contribution < -0.4 is 0 Å².